The third-order valence-corrected chi connectivity index (χ3v) is 3.45. The lowest BCUT2D eigenvalue weighted by atomic mass is 10.2. The van der Waals surface area contributed by atoms with Gasteiger partial charge in [0.05, 0.1) is 11.6 Å². The van der Waals surface area contributed by atoms with E-state index in [0.717, 1.165) is 5.56 Å². The molecule has 0 aromatic heterocycles. The highest BCUT2D eigenvalue weighted by molar-refractivity contribution is 5.94. The highest BCUT2D eigenvalue weighted by Crippen LogP contribution is 2.32. The van der Waals surface area contributed by atoms with Gasteiger partial charge in [0.1, 0.15) is 0 Å². The lowest BCUT2D eigenvalue weighted by Crippen LogP contribution is -2.20. The Morgan fingerprint density at radius 2 is 1.92 bits per heavy atom. The highest BCUT2D eigenvalue weighted by atomic mass is 16.7. The van der Waals surface area contributed by atoms with Gasteiger partial charge in [-0.15, -0.1) is 0 Å². The number of nitriles is 1. The number of fused-ring (bicyclic) bond motifs is 1. The summed E-state index contributed by atoms with van der Waals surface area (Å²) < 4.78 is 15.3. The summed E-state index contributed by atoms with van der Waals surface area (Å²) in [5, 5.41) is 11.3. The fourth-order valence-corrected chi connectivity index (χ4v) is 2.19. The number of esters is 1. The lowest BCUT2D eigenvalue weighted by Gasteiger charge is -2.05. The number of hydrogen-bond acceptors (Lipinski definition) is 6. The van der Waals surface area contributed by atoms with Gasteiger partial charge >= 0.3 is 5.97 Å². The summed E-state index contributed by atoms with van der Waals surface area (Å²) in [6.07, 6.45) is 2.79. The van der Waals surface area contributed by atoms with E-state index in [1.54, 1.807) is 48.5 Å². The van der Waals surface area contributed by atoms with Crippen LogP contribution in [0.25, 0.3) is 6.08 Å². The Hall–Kier alpha value is -3.79. The van der Waals surface area contributed by atoms with E-state index in [1.165, 1.54) is 6.08 Å². The van der Waals surface area contributed by atoms with Gasteiger partial charge in [0.2, 0.25) is 6.79 Å². The van der Waals surface area contributed by atoms with Gasteiger partial charge in [-0.3, -0.25) is 4.79 Å². The lowest BCUT2D eigenvalue weighted by molar-refractivity contribution is -0.142. The molecular weight excluding hydrogens is 336 g/mol. The van der Waals surface area contributed by atoms with Crippen molar-refractivity contribution < 1.29 is 23.8 Å². The highest BCUT2D eigenvalue weighted by Gasteiger charge is 2.12. The first-order valence-corrected chi connectivity index (χ1v) is 7.68. The van der Waals surface area contributed by atoms with Crippen molar-refractivity contribution >= 4 is 23.6 Å². The van der Waals surface area contributed by atoms with Gasteiger partial charge in [0.15, 0.2) is 18.1 Å². The molecule has 7 nitrogen and oxygen atoms in total. The van der Waals surface area contributed by atoms with Crippen molar-refractivity contribution in [3.8, 4) is 17.6 Å². The third kappa shape index (κ3) is 4.39. The predicted octanol–water partition coefficient (Wildman–Crippen LogP) is 2.48. The van der Waals surface area contributed by atoms with Crippen molar-refractivity contribution in [3.05, 3.63) is 59.7 Å². The number of anilines is 1. The molecule has 1 aliphatic heterocycles. The van der Waals surface area contributed by atoms with Crippen LogP contribution in [0, 0.1) is 11.3 Å². The molecule has 2 aromatic carbocycles. The van der Waals surface area contributed by atoms with Crippen LogP contribution in [-0.4, -0.2) is 25.3 Å². The predicted molar refractivity (Wildman–Crippen MR) is 92.3 cm³/mol. The molecule has 2 aromatic rings. The normalized spacial score (nSPS) is 11.8. The van der Waals surface area contributed by atoms with E-state index in [9.17, 15) is 9.59 Å². The summed E-state index contributed by atoms with van der Waals surface area (Å²) in [5.74, 6) is 0.156. The SMILES string of the molecule is N#Cc1ccc(NC(=O)COC(=O)C=Cc2ccc3c(c2)OCO3)cc1. The Balaban J connectivity index is 1.47. The zero-order valence-electron chi connectivity index (χ0n) is 13.6. The van der Waals surface area contributed by atoms with Crippen LogP contribution in [0.4, 0.5) is 5.69 Å². The Bertz CT molecular complexity index is 897. The van der Waals surface area contributed by atoms with Crippen molar-refractivity contribution in [1.82, 2.24) is 0 Å². The topological polar surface area (TPSA) is 97.7 Å². The van der Waals surface area contributed by atoms with Gasteiger partial charge in [-0.1, -0.05) is 6.07 Å². The van der Waals surface area contributed by atoms with Crippen LogP contribution in [0.3, 0.4) is 0 Å². The molecule has 130 valence electrons. The summed E-state index contributed by atoms with van der Waals surface area (Å²) in [6.45, 7) is -0.233. The van der Waals surface area contributed by atoms with E-state index in [0.29, 0.717) is 22.7 Å². The molecule has 0 spiro atoms. The second kappa shape index (κ2) is 7.85. The smallest absolute Gasteiger partial charge is 0.331 e. The maximum absolute atomic E-state index is 11.8. The molecule has 0 aliphatic carbocycles. The molecular formula is C19H14N2O5. The molecule has 3 rings (SSSR count). The maximum atomic E-state index is 11.8. The van der Waals surface area contributed by atoms with Crippen molar-refractivity contribution in [1.29, 1.82) is 5.26 Å². The number of benzene rings is 2. The average molecular weight is 350 g/mol. The molecule has 0 fully saturated rings. The minimum atomic E-state index is -0.641. The first kappa shape index (κ1) is 17.0. The summed E-state index contributed by atoms with van der Waals surface area (Å²) in [6, 6.07) is 13.6. The summed E-state index contributed by atoms with van der Waals surface area (Å²) >= 11 is 0. The van der Waals surface area contributed by atoms with Crippen molar-refractivity contribution in [2.45, 2.75) is 0 Å². The largest absolute Gasteiger partial charge is 0.454 e. The minimum Gasteiger partial charge on any atom is -0.454 e. The zero-order chi connectivity index (χ0) is 18.4. The van der Waals surface area contributed by atoms with E-state index < -0.39 is 18.5 Å². The average Bonchev–Trinajstić information content (AvgIpc) is 3.13. The van der Waals surface area contributed by atoms with Crippen LogP contribution in [0.2, 0.25) is 0 Å². The molecule has 0 radical (unpaired) electrons. The number of hydrogen-bond donors (Lipinski definition) is 1. The molecule has 0 unspecified atom stereocenters. The first-order valence-electron chi connectivity index (χ1n) is 7.68. The fourth-order valence-electron chi connectivity index (χ4n) is 2.19. The van der Waals surface area contributed by atoms with Gasteiger partial charge in [-0.25, -0.2) is 4.79 Å². The number of amides is 1. The Labute approximate surface area is 149 Å². The number of rotatable bonds is 5. The zero-order valence-corrected chi connectivity index (χ0v) is 13.6. The minimum absolute atomic E-state index is 0.179. The van der Waals surface area contributed by atoms with Crippen LogP contribution in [-0.2, 0) is 14.3 Å². The van der Waals surface area contributed by atoms with Crippen molar-refractivity contribution in [3.63, 3.8) is 0 Å². The van der Waals surface area contributed by atoms with E-state index in [-0.39, 0.29) is 6.79 Å². The Kier molecular flexibility index (Phi) is 5.15. The standard InChI is InChI=1S/C19H14N2O5/c20-10-14-1-5-15(6-2-14)21-18(22)11-24-19(23)8-4-13-3-7-16-17(9-13)26-12-25-16/h1-9H,11-12H2,(H,21,22). The first-order chi connectivity index (χ1) is 12.6. The van der Waals surface area contributed by atoms with Crippen LogP contribution in [0.5, 0.6) is 11.5 Å². The van der Waals surface area contributed by atoms with Gasteiger partial charge < -0.3 is 19.5 Å². The Morgan fingerprint density at radius 3 is 2.69 bits per heavy atom. The molecule has 1 aliphatic rings. The number of nitrogens with one attached hydrogen (secondary N) is 1. The molecule has 0 saturated heterocycles. The maximum Gasteiger partial charge on any atom is 0.331 e. The fraction of sp³-hybridized carbons (Fsp3) is 0.105. The van der Waals surface area contributed by atoms with Gasteiger partial charge in [0, 0.05) is 11.8 Å². The molecule has 0 bridgehead atoms. The van der Waals surface area contributed by atoms with E-state index >= 15 is 0 Å². The number of carbonyl (C=O) groups is 2. The Morgan fingerprint density at radius 1 is 1.15 bits per heavy atom. The van der Waals surface area contributed by atoms with E-state index in [2.05, 4.69) is 5.32 Å². The number of carbonyl (C=O) groups excluding carboxylic acids is 2. The summed E-state index contributed by atoms with van der Waals surface area (Å²) in [5.41, 5.74) is 1.75. The van der Waals surface area contributed by atoms with Crippen LogP contribution < -0.4 is 14.8 Å². The quantitative estimate of drug-likeness (QED) is 0.657. The monoisotopic (exact) mass is 350 g/mol. The molecule has 1 N–H and O–H groups in total. The third-order valence-electron chi connectivity index (χ3n) is 3.45. The van der Waals surface area contributed by atoms with Crippen LogP contribution >= 0.6 is 0 Å². The van der Waals surface area contributed by atoms with E-state index in [1.807, 2.05) is 6.07 Å². The van der Waals surface area contributed by atoms with Crippen molar-refractivity contribution in [2.24, 2.45) is 0 Å². The molecule has 26 heavy (non-hydrogen) atoms. The van der Waals surface area contributed by atoms with Crippen LogP contribution in [0.15, 0.2) is 48.5 Å². The summed E-state index contributed by atoms with van der Waals surface area (Å²) in [7, 11) is 0. The molecule has 1 amide bonds. The molecule has 7 heteroatoms. The second-order valence-electron chi connectivity index (χ2n) is 5.29. The molecule has 1 heterocycles. The van der Waals surface area contributed by atoms with Gasteiger partial charge in [-0.2, -0.15) is 5.26 Å². The number of nitrogens with zero attached hydrogens (tertiary/aromatic N) is 1. The van der Waals surface area contributed by atoms with Gasteiger partial charge in [0.25, 0.3) is 5.91 Å². The second-order valence-corrected chi connectivity index (χ2v) is 5.29. The molecule has 0 atom stereocenters. The number of ether oxygens (including phenoxy) is 3. The summed E-state index contributed by atoms with van der Waals surface area (Å²) in [4.78, 5) is 23.5. The van der Waals surface area contributed by atoms with Crippen LogP contribution in [0.1, 0.15) is 11.1 Å². The van der Waals surface area contributed by atoms with Gasteiger partial charge in [-0.05, 0) is 48.0 Å². The molecule has 0 saturated carbocycles. The van der Waals surface area contributed by atoms with Crippen molar-refractivity contribution in [2.75, 3.05) is 18.7 Å². The van der Waals surface area contributed by atoms with E-state index in [4.69, 9.17) is 19.5 Å².